The smallest absolute Gasteiger partial charge is 0.148 e. The van der Waals surface area contributed by atoms with Gasteiger partial charge in [0.05, 0.1) is 16.4 Å². The van der Waals surface area contributed by atoms with Crippen molar-refractivity contribution in [2.24, 2.45) is 0 Å². The molecule has 2 heterocycles. The van der Waals surface area contributed by atoms with Crippen LogP contribution in [0.1, 0.15) is 10.4 Å². The summed E-state index contributed by atoms with van der Waals surface area (Å²) in [7, 11) is 1.88. The SMILES string of the molecule is CN(Cc1ccc(Cl)s1)c1nccc(C#N)c1Cl. The van der Waals surface area contributed by atoms with Gasteiger partial charge < -0.3 is 4.90 Å². The van der Waals surface area contributed by atoms with E-state index < -0.39 is 0 Å². The van der Waals surface area contributed by atoms with Crippen LogP contribution in [-0.2, 0) is 6.54 Å². The van der Waals surface area contributed by atoms with E-state index >= 15 is 0 Å². The highest BCUT2D eigenvalue weighted by Gasteiger charge is 2.12. The Morgan fingerprint density at radius 1 is 1.39 bits per heavy atom. The second-order valence-electron chi connectivity index (χ2n) is 3.67. The lowest BCUT2D eigenvalue weighted by Gasteiger charge is -2.18. The molecular formula is C12H9Cl2N3S. The van der Waals surface area contributed by atoms with E-state index in [9.17, 15) is 0 Å². The van der Waals surface area contributed by atoms with E-state index in [1.54, 1.807) is 12.3 Å². The molecule has 0 atom stereocenters. The van der Waals surface area contributed by atoms with Gasteiger partial charge in [-0.3, -0.25) is 0 Å². The summed E-state index contributed by atoms with van der Waals surface area (Å²) in [5.74, 6) is 0.597. The quantitative estimate of drug-likeness (QED) is 0.861. The summed E-state index contributed by atoms with van der Waals surface area (Å²) in [6.45, 7) is 0.652. The first-order chi connectivity index (χ1) is 8.61. The maximum Gasteiger partial charge on any atom is 0.148 e. The van der Waals surface area contributed by atoms with Crippen LogP contribution >= 0.6 is 34.5 Å². The fourth-order valence-electron chi connectivity index (χ4n) is 1.53. The van der Waals surface area contributed by atoms with Gasteiger partial charge in [-0.2, -0.15) is 5.26 Å². The largest absolute Gasteiger partial charge is 0.353 e. The molecule has 0 saturated heterocycles. The van der Waals surface area contributed by atoms with Gasteiger partial charge in [-0.25, -0.2) is 4.98 Å². The van der Waals surface area contributed by atoms with E-state index in [0.29, 0.717) is 22.9 Å². The predicted octanol–water partition coefficient (Wildman–Crippen LogP) is 3.96. The minimum Gasteiger partial charge on any atom is -0.353 e. The molecule has 0 amide bonds. The molecule has 92 valence electrons. The number of anilines is 1. The highest BCUT2D eigenvalue weighted by molar-refractivity contribution is 7.16. The van der Waals surface area contributed by atoms with Crippen LogP contribution in [0, 0.1) is 11.3 Å². The lowest BCUT2D eigenvalue weighted by atomic mass is 10.3. The van der Waals surface area contributed by atoms with E-state index in [4.69, 9.17) is 28.5 Å². The van der Waals surface area contributed by atoms with E-state index in [2.05, 4.69) is 4.98 Å². The fraction of sp³-hybridized carbons (Fsp3) is 0.167. The first kappa shape index (κ1) is 13.2. The fourth-order valence-corrected chi connectivity index (χ4v) is 2.97. The van der Waals surface area contributed by atoms with Gasteiger partial charge in [0, 0.05) is 18.1 Å². The molecule has 0 spiro atoms. The third kappa shape index (κ3) is 2.75. The Kier molecular flexibility index (Phi) is 4.07. The Hall–Kier alpha value is -1.28. The Labute approximate surface area is 119 Å². The number of thiophene rings is 1. The Morgan fingerprint density at radius 2 is 2.17 bits per heavy atom. The second kappa shape index (κ2) is 5.57. The standard InChI is InChI=1S/C12H9Cl2N3S/c1-17(7-9-2-3-10(13)18-9)12-11(14)8(6-15)4-5-16-12/h2-5H,7H2,1H3. The monoisotopic (exact) mass is 297 g/mol. The average molecular weight is 298 g/mol. The van der Waals surface area contributed by atoms with Crippen molar-refractivity contribution in [3.05, 3.63) is 44.2 Å². The van der Waals surface area contributed by atoms with Crippen LogP contribution in [0.2, 0.25) is 9.36 Å². The van der Waals surface area contributed by atoms with Crippen LogP contribution in [0.5, 0.6) is 0 Å². The average Bonchev–Trinajstić information content (AvgIpc) is 2.75. The highest BCUT2D eigenvalue weighted by Crippen LogP contribution is 2.28. The van der Waals surface area contributed by atoms with Crippen molar-refractivity contribution in [2.45, 2.75) is 6.54 Å². The number of nitriles is 1. The van der Waals surface area contributed by atoms with E-state index in [1.807, 2.05) is 30.1 Å². The molecule has 3 nitrogen and oxygen atoms in total. The van der Waals surface area contributed by atoms with Crippen LogP contribution in [0.15, 0.2) is 24.4 Å². The molecule has 0 saturated carbocycles. The van der Waals surface area contributed by atoms with Crippen molar-refractivity contribution in [3.8, 4) is 6.07 Å². The molecule has 0 unspecified atom stereocenters. The Morgan fingerprint density at radius 3 is 2.78 bits per heavy atom. The van der Waals surface area contributed by atoms with Crippen molar-refractivity contribution in [3.63, 3.8) is 0 Å². The van der Waals surface area contributed by atoms with Crippen LogP contribution in [-0.4, -0.2) is 12.0 Å². The summed E-state index contributed by atoms with van der Waals surface area (Å²) in [5.41, 5.74) is 0.428. The van der Waals surface area contributed by atoms with Crippen molar-refractivity contribution < 1.29 is 0 Å². The summed E-state index contributed by atoms with van der Waals surface area (Å²) in [6, 6.07) is 7.46. The molecule has 2 aromatic heterocycles. The molecule has 6 heteroatoms. The first-order valence-electron chi connectivity index (χ1n) is 5.11. The van der Waals surface area contributed by atoms with Gasteiger partial charge in [0.1, 0.15) is 16.9 Å². The van der Waals surface area contributed by atoms with Gasteiger partial charge in [0.15, 0.2) is 0 Å². The van der Waals surface area contributed by atoms with Gasteiger partial charge in [0.25, 0.3) is 0 Å². The molecule has 0 aliphatic rings. The lowest BCUT2D eigenvalue weighted by molar-refractivity contribution is 0.912. The van der Waals surface area contributed by atoms with E-state index in [0.717, 1.165) is 9.21 Å². The van der Waals surface area contributed by atoms with Gasteiger partial charge in [-0.15, -0.1) is 11.3 Å². The van der Waals surface area contributed by atoms with Gasteiger partial charge >= 0.3 is 0 Å². The van der Waals surface area contributed by atoms with Gasteiger partial charge in [0.2, 0.25) is 0 Å². The first-order valence-corrected chi connectivity index (χ1v) is 6.69. The molecule has 2 rings (SSSR count). The summed E-state index contributed by atoms with van der Waals surface area (Å²) in [5, 5.41) is 9.30. The zero-order valence-electron chi connectivity index (χ0n) is 9.52. The number of rotatable bonds is 3. The Bertz CT molecular complexity index is 604. The molecular weight excluding hydrogens is 289 g/mol. The third-order valence-corrected chi connectivity index (χ3v) is 3.96. The molecule has 0 bridgehead atoms. The predicted molar refractivity (Wildman–Crippen MR) is 75.4 cm³/mol. The molecule has 0 fully saturated rings. The molecule has 2 aromatic rings. The molecule has 18 heavy (non-hydrogen) atoms. The summed E-state index contributed by atoms with van der Waals surface area (Å²) in [6.07, 6.45) is 1.58. The van der Waals surface area contributed by atoms with Crippen LogP contribution in [0.25, 0.3) is 0 Å². The lowest BCUT2D eigenvalue weighted by Crippen LogP contribution is -2.17. The van der Waals surface area contributed by atoms with Crippen LogP contribution < -0.4 is 4.90 Å². The summed E-state index contributed by atoms with van der Waals surface area (Å²) in [4.78, 5) is 7.21. The van der Waals surface area contributed by atoms with Crippen molar-refractivity contribution in [1.82, 2.24) is 4.98 Å². The number of halogens is 2. The molecule has 0 aliphatic carbocycles. The Balaban J connectivity index is 2.24. The van der Waals surface area contributed by atoms with Crippen LogP contribution in [0.3, 0.4) is 0 Å². The minimum atomic E-state index is 0.380. The molecule has 0 aromatic carbocycles. The topological polar surface area (TPSA) is 39.9 Å². The van der Waals surface area contributed by atoms with Gasteiger partial charge in [-0.1, -0.05) is 23.2 Å². The highest BCUT2D eigenvalue weighted by atomic mass is 35.5. The van der Waals surface area contributed by atoms with E-state index in [-0.39, 0.29) is 0 Å². The minimum absolute atomic E-state index is 0.380. The zero-order valence-corrected chi connectivity index (χ0v) is 11.9. The van der Waals surface area contributed by atoms with E-state index in [1.165, 1.54) is 11.3 Å². The van der Waals surface area contributed by atoms with Gasteiger partial charge in [-0.05, 0) is 18.2 Å². The van der Waals surface area contributed by atoms with Crippen molar-refractivity contribution in [1.29, 1.82) is 5.26 Å². The zero-order chi connectivity index (χ0) is 13.1. The number of hydrogen-bond acceptors (Lipinski definition) is 4. The third-order valence-electron chi connectivity index (χ3n) is 2.37. The normalized spacial score (nSPS) is 10.1. The number of aromatic nitrogens is 1. The second-order valence-corrected chi connectivity index (χ2v) is 5.85. The number of nitrogens with zero attached hydrogens (tertiary/aromatic N) is 3. The van der Waals surface area contributed by atoms with Crippen molar-refractivity contribution in [2.75, 3.05) is 11.9 Å². The molecule has 0 radical (unpaired) electrons. The number of pyridine rings is 1. The van der Waals surface area contributed by atoms with Crippen molar-refractivity contribution >= 4 is 40.4 Å². The molecule has 0 aliphatic heterocycles. The maximum absolute atomic E-state index is 8.92. The maximum atomic E-state index is 8.92. The summed E-state index contributed by atoms with van der Waals surface area (Å²) < 4.78 is 0.753. The van der Waals surface area contributed by atoms with Crippen LogP contribution in [0.4, 0.5) is 5.82 Å². The number of hydrogen-bond donors (Lipinski definition) is 0. The molecule has 0 N–H and O–H groups in total. The summed E-state index contributed by atoms with van der Waals surface area (Å²) >= 11 is 13.5.